The molecule has 4 heteroatoms. The third-order valence-corrected chi connectivity index (χ3v) is 10.7. The van der Waals surface area contributed by atoms with E-state index in [1.165, 1.54) is 49.8 Å². The first kappa shape index (κ1) is 32.7. The predicted octanol–water partition coefficient (Wildman–Crippen LogP) is 6.01. The van der Waals surface area contributed by atoms with E-state index in [2.05, 4.69) is 174 Å². The third-order valence-electron chi connectivity index (χ3n) is 8.19. The van der Waals surface area contributed by atoms with Crippen molar-refractivity contribution in [2.45, 2.75) is 79.1 Å². The van der Waals surface area contributed by atoms with Crippen molar-refractivity contribution in [3.05, 3.63) is 132 Å². The van der Waals surface area contributed by atoms with Crippen LogP contribution in [-0.2, 0) is 0 Å². The van der Waals surface area contributed by atoms with Crippen LogP contribution >= 0.6 is 7.92 Å². The van der Waals surface area contributed by atoms with Crippen LogP contribution in [-0.4, -0.2) is 4.57 Å². The summed E-state index contributed by atoms with van der Waals surface area (Å²) in [5.74, 6) is 1.60. The van der Waals surface area contributed by atoms with Crippen LogP contribution < -0.4 is 33.1 Å². The molecule has 0 fully saturated rings. The first-order valence-corrected chi connectivity index (χ1v) is 16.8. The number of hydrogen-bond acceptors (Lipinski definition) is 0. The van der Waals surface area contributed by atoms with E-state index in [4.69, 9.17) is 0 Å². The maximum absolute atomic E-state index is 2.55. The molecular weight excluding hydrogens is 563 g/mol. The summed E-state index contributed by atoms with van der Waals surface area (Å²) in [6.07, 6.45) is 4.68. The van der Waals surface area contributed by atoms with Crippen molar-refractivity contribution < 1.29 is 17.0 Å². The molecular formula is C39H46ClN2P. The fourth-order valence-corrected chi connectivity index (χ4v) is 8.53. The molecule has 0 spiro atoms. The number of halogens is 1. The number of rotatable bonds is 9. The van der Waals surface area contributed by atoms with E-state index in [-0.39, 0.29) is 12.4 Å². The number of aromatic nitrogens is 2. The Hall–Kier alpha value is -3.19. The molecule has 0 bridgehead atoms. The monoisotopic (exact) mass is 608 g/mol. The first-order valence-electron chi connectivity index (χ1n) is 15.5. The lowest BCUT2D eigenvalue weighted by molar-refractivity contribution is -0.576. The van der Waals surface area contributed by atoms with Gasteiger partial charge in [-0.1, -0.05) is 152 Å². The van der Waals surface area contributed by atoms with E-state index in [0.717, 1.165) is 0 Å². The summed E-state index contributed by atoms with van der Waals surface area (Å²) >= 11 is 0. The van der Waals surface area contributed by atoms with Crippen LogP contribution in [0.4, 0.5) is 0 Å². The van der Waals surface area contributed by atoms with E-state index in [1.807, 2.05) is 0 Å². The Morgan fingerprint density at radius 3 is 1.30 bits per heavy atom. The fraction of sp³-hybridized carbons (Fsp3) is 0.308. The summed E-state index contributed by atoms with van der Waals surface area (Å²) in [7, 11) is -0.898. The van der Waals surface area contributed by atoms with Crippen LogP contribution in [0.5, 0.6) is 0 Å². The van der Waals surface area contributed by atoms with Gasteiger partial charge in [0.2, 0.25) is 0 Å². The minimum Gasteiger partial charge on any atom is -1.00 e. The molecule has 2 nitrogen and oxygen atoms in total. The van der Waals surface area contributed by atoms with Gasteiger partial charge in [0.1, 0.15) is 23.8 Å². The smallest absolute Gasteiger partial charge is 0.296 e. The van der Waals surface area contributed by atoms with Crippen molar-refractivity contribution in [3.63, 3.8) is 0 Å². The minimum atomic E-state index is -0.898. The molecule has 0 atom stereocenters. The van der Waals surface area contributed by atoms with E-state index in [0.29, 0.717) is 23.7 Å². The molecule has 43 heavy (non-hydrogen) atoms. The highest BCUT2D eigenvalue weighted by atomic mass is 35.5. The molecule has 0 aliphatic rings. The molecule has 1 aromatic heterocycles. The molecule has 5 aromatic rings. The number of imidazole rings is 1. The lowest BCUT2D eigenvalue weighted by Gasteiger charge is -2.23. The standard InChI is InChI=1S/C39H46N2P.ClH/c1-27(2)33-21-15-22-34(28(3)4)37(33)40-25-26-41(38-35(29(5)6)23-16-24-36(38)30(7)8)39(40)42(31-17-11-9-12-18-31)32-19-13-10-14-20-32;/h9-30H,1-8H3;1H/q+1;/p-1. The molecule has 224 valence electrons. The van der Waals surface area contributed by atoms with Gasteiger partial charge in [0.25, 0.3) is 5.57 Å². The Balaban J connectivity index is 0.00000423. The molecule has 0 aliphatic heterocycles. The highest BCUT2D eigenvalue weighted by Gasteiger charge is 2.36. The highest BCUT2D eigenvalue weighted by molar-refractivity contribution is 7.79. The molecule has 0 saturated carbocycles. The predicted molar refractivity (Wildman–Crippen MR) is 182 cm³/mol. The van der Waals surface area contributed by atoms with Crippen molar-refractivity contribution >= 4 is 24.1 Å². The van der Waals surface area contributed by atoms with Crippen LogP contribution in [0, 0.1) is 0 Å². The fourth-order valence-electron chi connectivity index (χ4n) is 6.06. The lowest BCUT2D eigenvalue weighted by atomic mass is 9.92. The SMILES string of the molecule is CC(C)c1cccc(C(C)C)c1-n1cc[n+](-c2c(C(C)C)cccc2C(C)C)c1P(c1ccccc1)c1ccccc1.[Cl-]. The average molecular weight is 609 g/mol. The lowest BCUT2D eigenvalue weighted by Crippen LogP contribution is -3.00. The molecule has 0 amide bonds. The first-order chi connectivity index (χ1) is 20.2. The second-order valence-corrected chi connectivity index (χ2v) is 14.6. The number of para-hydroxylation sites is 2. The zero-order chi connectivity index (χ0) is 30.0. The van der Waals surface area contributed by atoms with Crippen LogP contribution in [0.3, 0.4) is 0 Å². The van der Waals surface area contributed by atoms with Crippen molar-refractivity contribution in [2.75, 3.05) is 0 Å². The molecule has 0 saturated heterocycles. The van der Waals surface area contributed by atoms with E-state index < -0.39 is 7.92 Å². The maximum Gasteiger partial charge on any atom is 0.296 e. The molecule has 5 rings (SSSR count). The Bertz CT molecular complexity index is 1460. The Kier molecular flexibility index (Phi) is 10.7. The summed E-state index contributed by atoms with van der Waals surface area (Å²) in [6.45, 7) is 18.6. The van der Waals surface area contributed by atoms with Crippen molar-refractivity contribution in [1.29, 1.82) is 0 Å². The maximum atomic E-state index is 2.55. The van der Waals surface area contributed by atoms with Gasteiger partial charge in [0, 0.05) is 22.3 Å². The van der Waals surface area contributed by atoms with Crippen molar-refractivity contribution in [2.24, 2.45) is 0 Å². The van der Waals surface area contributed by atoms with Gasteiger partial charge in [0.05, 0.1) is 7.92 Å². The Labute approximate surface area is 267 Å². The van der Waals surface area contributed by atoms with Gasteiger partial charge in [-0.2, -0.15) is 9.13 Å². The quantitative estimate of drug-likeness (QED) is 0.143. The van der Waals surface area contributed by atoms with Gasteiger partial charge in [0.15, 0.2) is 0 Å². The van der Waals surface area contributed by atoms with Crippen molar-refractivity contribution in [1.82, 2.24) is 4.57 Å². The molecule has 0 aliphatic carbocycles. The third kappa shape index (κ3) is 6.52. The van der Waals surface area contributed by atoms with Crippen LogP contribution in [0.2, 0.25) is 0 Å². The van der Waals surface area contributed by atoms with Crippen molar-refractivity contribution in [3.8, 4) is 11.4 Å². The van der Waals surface area contributed by atoms with Crippen LogP contribution in [0.15, 0.2) is 109 Å². The molecule has 0 radical (unpaired) electrons. The molecule has 1 heterocycles. The topological polar surface area (TPSA) is 8.81 Å². The van der Waals surface area contributed by atoms with E-state index in [9.17, 15) is 0 Å². The summed E-state index contributed by atoms with van der Waals surface area (Å²) < 4.78 is 5.11. The summed E-state index contributed by atoms with van der Waals surface area (Å²) in [5.41, 5.74) is 9.56. The van der Waals surface area contributed by atoms with E-state index in [1.54, 1.807) is 0 Å². The highest BCUT2D eigenvalue weighted by Crippen LogP contribution is 2.38. The van der Waals surface area contributed by atoms with Gasteiger partial charge in [-0.25, -0.2) is 0 Å². The Morgan fingerprint density at radius 1 is 0.512 bits per heavy atom. The number of hydrogen-bond donors (Lipinski definition) is 0. The Morgan fingerprint density at radius 2 is 0.907 bits per heavy atom. The summed E-state index contributed by atoms with van der Waals surface area (Å²) in [5, 5.41) is 2.71. The van der Waals surface area contributed by atoms with Gasteiger partial charge in [-0.15, -0.1) is 0 Å². The molecule has 0 unspecified atom stereocenters. The largest absolute Gasteiger partial charge is 1.00 e. The zero-order valence-corrected chi connectivity index (χ0v) is 28.6. The average Bonchev–Trinajstić information content (AvgIpc) is 3.41. The van der Waals surface area contributed by atoms with Gasteiger partial charge >= 0.3 is 0 Å². The molecule has 0 N–H and O–H groups in total. The second-order valence-electron chi connectivity index (χ2n) is 12.5. The zero-order valence-electron chi connectivity index (χ0n) is 26.9. The van der Waals surface area contributed by atoms with Crippen LogP contribution in [0.1, 0.15) is 101 Å². The number of nitrogens with zero attached hydrogens (tertiary/aromatic N) is 2. The van der Waals surface area contributed by atoms with Gasteiger partial charge < -0.3 is 12.4 Å². The minimum absolute atomic E-state index is 0. The van der Waals surface area contributed by atoms with Gasteiger partial charge in [-0.3, -0.25) is 0 Å². The normalized spacial score (nSPS) is 11.7. The summed E-state index contributed by atoms with van der Waals surface area (Å²) in [4.78, 5) is 0. The van der Waals surface area contributed by atoms with Gasteiger partial charge in [-0.05, 0) is 34.3 Å². The second kappa shape index (κ2) is 14.1. The molecule has 4 aromatic carbocycles. The number of benzene rings is 4. The van der Waals surface area contributed by atoms with Crippen LogP contribution in [0.25, 0.3) is 11.4 Å². The summed E-state index contributed by atoms with van der Waals surface area (Å²) in [6, 6.07) is 36.1. The van der Waals surface area contributed by atoms with E-state index >= 15 is 0 Å².